The van der Waals surface area contributed by atoms with Crippen LogP contribution in [-0.4, -0.2) is 46.4 Å². The number of hydrogen-bond donors (Lipinski definition) is 0. The van der Waals surface area contributed by atoms with E-state index in [1.165, 1.54) is 18.2 Å². The molecule has 7 heteroatoms. The first-order valence-electron chi connectivity index (χ1n) is 9.88. The Hall–Kier alpha value is -2.80. The molecule has 0 bridgehead atoms. The summed E-state index contributed by atoms with van der Waals surface area (Å²) in [7, 11) is 0. The maximum Gasteiger partial charge on any atom is 0.266 e. The highest BCUT2D eigenvalue weighted by Gasteiger charge is 2.32. The zero-order valence-electron chi connectivity index (χ0n) is 16.3. The van der Waals surface area contributed by atoms with Gasteiger partial charge >= 0.3 is 0 Å². The van der Waals surface area contributed by atoms with Crippen molar-refractivity contribution in [3.05, 3.63) is 58.9 Å². The van der Waals surface area contributed by atoms with Crippen LogP contribution in [0.3, 0.4) is 0 Å². The largest absolute Gasteiger partial charge is 0.465 e. The van der Waals surface area contributed by atoms with Gasteiger partial charge in [0.2, 0.25) is 0 Å². The van der Waals surface area contributed by atoms with Crippen LogP contribution in [0.25, 0.3) is 6.08 Å². The summed E-state index contributed by atoms with van der Waals surface area (Å²) in [5.41, 5.74) is 1.30. The van der Waals surface area contributed by atoms with Gasteiger partial charge in [-0.2, -0.15) is 0 Å². The van der Waals surface area contributed by atoms with Crippen molar-refractivity contribution in [3.8, 4) is 0 Å². The SMILES string of the molecule is CCN1C(=O)/C(=C\c2ccco2)SC1=Nc1cccc(C(=O)N2CCCCC2)c1. The summed E-state index contributed by atoms with van der Waals surface area (Å²) < 4.78 is 5.32. The van der Waals surface area contributed by atoms with Crippen molar-refractivity contribution in [2.75, 3.05) is 19.6 Å². The number of amidine groups is 1. The predicted molar refractivity (Wildman–Crippen MR) is 115 cm³/mol. The van der Waals surface area contributed by atoms with Gasteiger partial charge < -0.3 is 9.32 Å². The number of likely N-dealkylation sites (tertiary alicyclic amines) is 1. The minimum absolute atomic E-state index is 0.0488. The zero-order valence-corrected chi connectivity index (χ0v) is 17.2. The number of thioether (sulfide) groups is 1. The molecular formula is C22H23N3O3S. The molecule has 0 atom stereocenters. The normalized spacial score (nSPS) is 20.1. The van der Waals surface area contributed by atoms with Crippen molar-refractivity contribution in [3.63, 3.8) is 0 Å². The van der Waals surface area contributed by atoms with Gasteiger partial charge in [-0.1, -0.05) is 6.07 Å². The quantitative estimate of drug-likeness (QED) is 0.696. The summed E-state index contributed by atoms with van der Waals surface area (Å²) in [6.45, 7) is 4.06. The Kier molecular flexibility index (Phi) is 5.85. The molecule has 3 heterocycles. The highest BCUT2D eigenvalue weighted by atomic mass is 32.2. The van der Waals surface area contributed by atoms with Crippen LogP contribution in [-0.2, 0) is 4.79 Å². The molecule has 2 aromatic rings. The highest BCUT2D eigenvalue weighted by molar-refractivity contribution is 8.18. The summed E-state index contributed by atoms with van der Waals surface area (Å²) in [6, 6.07) is 10.9. The van der Waals surface area contributed by atoms with Gasteiger partial charge in [-0.25, -0.2) is 4.99 Å². The molecule has 1 aromatic heterocycles. The van der Waals surface area contributed by atoms with Crippen LogP contribution in [0.2, 0.25) is 0 Å². The number of likely N-dealkylation sites (N-methyl/N-ethyl adjacent to an activating group) is 1. The fourth-order valence-electron chi connectivity index (χ4n) is 3.47. The second-order valence-electron chi connectivity index (χ2n) is 6.97. The van der Waals surface area contributed by atoms with Crippen molar-refractivity contribution >= 4 is 40.5 Å². The first kappa shape index (κ1) is 19.5. The topological polar surface area (TPSA) is 66.1 Å². The Balaban J connectivity index is 1.58. The van der Waals surface area contributed by atoms with Gasteiger partial charge in [0.1, 0.15) is 5.76 Å². The van der Waals surface area contributed by atoms with E-state index in [1.807, 2.05) is 36.1 Å². The third kappa shape index (κ3) is 4.29. The Bertz CT molecular complexity index is 959. The zero-order chi connectivity index (χ0) is 20.2. The number of carbonyl (C=O) groups is 2. The summed E-state index contributed by atoms with van der Waals surface area (Å²) in [6.07, 6.45) is 6.61. The smallest absolute Gasteiger partial charge is 0.266 e. The molecule has 2 amide bonds. The molecule has 0 saturated carbocycles. The standard InChI is InChI=1S/C22H23N3O3S/c1-2-25-21(27)19(15-18-10-7-13-28-18)29-22(25)23-17-9-6-8-16(14-17)20(26)24-11-4-3-5-12-24/h6-10,13-15H,2-5,11-12H2,1H3/b19-15+,23-22?. The van der Waals surface area contributed by atoms with Crippen molar-refractivity contribution in [1.82, 2.24) is 9.80 Å². The van der Waals surface area contributed by atoms with Gasteiger partial charge in [0.15, 0.2) is 5.17 Å². The fraction of sp³-hybridized carbons (Fsp3) is 0.318. The molecular weight excluding hydrogens is 386 g/mol. The lowest BCUT2D eigenvalue weighted by Crippen LogP contribution is -2.35. The van der Waals surface area contributed by atoms with Gasteiger partial charge in [0.25, 0.3) is 11.8 Å². The summed E-state index contributed by atoms with van der Waals surface area (Å²) in [4.78, 5) is 34.3. The Morgan fingerprint density at radius 1 is 1.21 bits per heavy atom. The number of furan rings is 1. The average Bonchev–Trinajstić information content (AvgIpc) is 3.36. The number of amides is 2. The predicted octanol–water partition coefficient (Wildman–Crippen LogP) is 4.53. The van der Waals surface area contributed by atoms with Crippen LogP contribution in [0.15, 0.2) is 57.0 Å². The van der Waals surface area contributed by atoms with E-state index in [1.54, 1.807) is 29.4 Å². The Morgan fingerprint density at radius 3 is 2.76 bits per heavy atom. The van der Waals surface area contributed by atoms with Crippen LogP contribution < -0.4 is 0 Å². The molecule has 4 rings (SSSR count). The lowest BCUT2D eigenvalue weighted by atomic mass is 10.1. The van der Waals surface area contributed by atoms with Crippen LogP contribution >= 0.6 is 11.8 Å². The number of piperidine rings is 1. The van der Waals surface area contributed by atoms with E-state index < -0.39 is 0 Å². The number of nitrogens with zero attached hydrogens (tertiary/aromatic N) is 3. The molecule has 0 spiro atoms. The number of rotatable bonds is 4. The average molecular weight is 410 g/mol. The number of benzene rings is 1. The monoisotopic (exact) mass is 409 g/mol. The van der Waals surface area contributed by atoms with Crippen molar-refractivity contribution in [2.24, 2.45) is 4.99 Å². The van der Waals surface area contributed by atoms with Gasteiger partial charge in [-0.05, 0) is 68.3 Å². The molecule has 0 N–H and O–H groups in total. The van der Waals surface area contributed by atoms with Gasteiger partial charge in [-0.15, -0.1) is 0 Å². The fourth-order valence-corrected chi connectivity index (χ4v) is 4.51. The van der Waals surface area contributed by atoms with Crippen LogP contribution in [0.1, 0.15) is 42.3 Å². The third-order valence-corrected chi connectivity index (χ3v) is 5.99. The number of aliphatic imine (C=N–C) groups is 1. The van der Waals surface area contributed by atoms with Crippen LogP contribution in [0.5, 0.6) is 0 Å². The van der Waals surface area contributed by atoms with Gasteiger partial charge in [-0.3, -0.25) is 14.5 Å². The number of carbonyl (C=O) groups excluding carboxylic acids is 2. The molecule has 0 radical (unpaired) electrons. The van der Waals surface area contributed by atoms with Crippen molar-refractivity contribution in [1.29, 1.82) is 0 Å². The Labute approximate surface area is 174 Å². The lowest BCUT2D eigenvalue weighted by Gasteiger charge is -2.26. The maximum atomic E-state index is 12.8. The van der Waals surface area contributed by atoms with E-state index in [2.05, 4.69) is 4.99 Å². The molecule has 2 aliphatic heterocycles. The van der Waals surface area contributed by atoms with E-state index >= 15 is 0 Å². The minimum Gasteiger partial charge on any atom is -0.465 e. The van der Waals surface area contributed by atoms with E-state index in [4.69, 9.17) is 4.42 Å². The van der Waals surface area contributed by atoms with Crippen molar-refractivity contribution < 1.29 is 14.0 Å². The van der Waals surface area contributed by atoms with Gasteiger partial charge in [0, 0.05) is 31.3 Å². The van der Waals surface area contributed by atoms with E-state index in [-0.39, 0.29) is 11.8 Å². The second-order valence-corrected chi connectivity index (χ2v) is 7.98. The maximum absolute atomic E-state index is 12.8. The number of hydrogen-bond acceptors (Lipinski definition) is 5. The second kappa shape index (κ2) is 8.69. The molecule has 2 saturated heterocycles. The van der Waals surface area contributed by atoms with Crippen molar-refractivity contribution in [2.45, 2.75) is 26.2 Å². The van der Waals surface area contributed by atoms with E-state index in [9.17, 15) is 9.59 Å². The highest BCUT2D eigenvalue weighted by Crippen LogP contribution is 2.34. The molecule has 150 valence electrons. The molecule has 29 heavy (non-hydrogen) atoms. The van der Waals surface area contributed by atoms with E-state index in [0.29, 0.717) is 33.6 Å². The Morgan fingerprint density at radius 2 is 2.03 bits per heavy atom. The summed E-state index contributed by atoms with van der Waals surface area (Å²) in [5, 5.41) is 0.609. The van der Waals surface area contributed by atoms with Crippen LogP contribution in [0.4, 0.5) is 5.69 Å². The summed E-state index contributed by atoms with van der Waals surface area (Å²) >= 11 is 1.32. The van der Waals surface area contributed by atoms with Gasteiger partial charge in [0.05, 0.1) is 16.9 Å². The lowest BCUT2D eigenvalue weighted by molar-refractivity contribution is -0.122. The molecule has 0 unspecified atom stereocenters. The molecule has 6 nitrogen and oxygen atoms in total. The van der Waals surface area contributed by atoms with E-state index in [0.717, 1.165) is 25.9 Å². The third-order valence-electron chi connectivity index (χ3n) is 4.98. The summed E-state index contributed by atoms with van der Waals surface area (Å²) in [5.74, 6) is 0.591. The first-order chi connectivity index (χ1) is 14.2. The van der Waals surface area contributed by atoms with Crippen LogP contribution in [0, 0.1) is 0 Å². The first-order valence-corrected chi connectivity index (χ1v) is 10.7. The molecule has 2 aliphatic rings. The molecule has 0 aliphatic carbocycles. The molecule has 2 fully saturated rings. The minimum atomic E-state index is -0.0896. The molecule has 1 aromatic carbocycles.